The third kappa shape index (κ3) is 3.09. The zero-order valence-corrected chi connectivity index (χ0v) is 12.1. The Hall–Kier alpha value is -1.07. The fourth-order valence-electron chi connectivity index (χ4n) is 2.73. The van der Waals surface area contributed by atoms with Crippen LogP contribution in [-0.4, -0.2) is 60.8 Å². The summed E-state index contributed by atoms with van der Waals surface area (Å²) in [4.78, 5) is 9.54. The normalized spacial score (nSPS) is 20.7. The lowest BCUT2D eigenvalue weighted by atomic mass is 10.3. The quantitative estimate of drug-likeness (QED) is 0.855. The predicted octanol–water partition coefficient (Wildman–Crippen LogP) is 0.868. The monoisotopic (exact) mass is 263 g/mol. The Morgan fingerprint density at radius 2 is 2.11 bits per heavy atom. The van der Waals surface area contributed by atoms with E-state index in [2.05, 4.69) is 39.9 Å². The van der Waals surface area contributed by atoms with E-state index in [4.69, 9.17) is 4.98 Å². The number of piperazine rings is 1. The maximum atomic E-state index is 4.69. The molecule has 1 aliphatic carbocycles. The number of imidazole rings is 1. The van der Waals surface area contributed by atoms with Crippen molar-refractivity contribution in [3.63, 3.8) is 0 Å². The molecule has 0 aromatic carbocycles. The van der Waals surface area contributed by atoms with Crippen molar-refractivity contribution in [1.82, 2.24) is 19.8 Å². The van der Waals surface area contributed by atoms with Crippen molar-refractivity contribution in [2.24, 2.45) is 0 Å². The highest BCUT2D eigenvalue weighted by atomic mass is 15.3. The molecule has 5 heteroatoms. The summed E-state index contributed by atoms with van der Waals surface area (Å²) in [7, 11) is 2.17. The van der Waals surface area contributed by atoms with Crippen LogP contribution in [0.4, 0.5) is 5.95 Å². The molecule has 0 unspecified atom stereocenters. The van der Waals surface area contributed by atoms with Crippen LogP contribution in [0.2, 0.25) is 0 Å². The van der Waals surface area contributed by atoms with Gasteiger partial charge in [-0.05, 0) is 19.8 Å². The Bertz CT molecular complexity index is 417. The average Bonchev–Trinajstić information content (AvgIpc) is 3.20. The van der Waals surface area contributed by atoms with Crippen molar-refractivity contribution >= 4 is 5.95 Å². The maximum absolute atomic E-state index is 4.69. The number of hydrogen-bond donors (Lipinski definition) is 1. The van der Waals surface area contributed by atoms with Crippen molar-refractivity contribution in [3.8, 4) is 0 Å². The number of hydrogen-bond acceptors (Lipinski definition) is 4. The van der Waals surface area contributed by atoms with E-state index in [9.17, 15) is 0 Å². The molecule has 1 N–H and O–H groups in total. The minimum absolute atomic E-state index is 0.706. The molecule has 2 aliphatic rings. The fourth-order valence-corrected chi connectivity index (χ4v) is 2.73. The molecule has 3 rings (SSSR count). The van der Waals surface area contributed by atoms with Crippen LogP contribution in [0, 0.1) is 6.92 Å². The second kappa shape index (κ2) is 5.51. The van der Waals surface area contributed by atoms with Crippen molar-refractivity contribution < 1.29 is 0 Å². The van der Waals surface area contributed by atoms with E-state index >= 15 is 0 Å². The van der Waals surface area contributed by atoms with Crippen LogP contribution in [0.25, 0.3) is 0 Å². The average molecular weight is 263 g/mol. The van der Waals surface area contributed by atoms with Crippen LogP contribution in [0.1, 0.15) is 24.6 Å². The Morgan fingerprint density at radius 3 is 2.79 bits per heavy atom. The number of nitrogens with zero attached hydrogens (tertiary/aromatic N) is 4. The Kier molecular flexibility index (Phi) is 3.75. The summed E-state index contributed by atoms with van der Waals surface area (Å²) >= 11 is 0. The molecule has 1 saturated carbocycles. The number of nitrogens with one attached hydrogen (secondary N) is 1. The molecule has 19 heavy (non-hydrogen) atoms. The summed E-state index contributed by atoms with van der Waals surface area (Å²) in [5, 5.41) is 3.40. The number of likely N-dealkylation sites (N-methyl/N-ethyl adjacent to an activating group) is 1. The van der Waals surface area contributed by atoms with Gasteiger partial charge in [0.1, 0.15) is 0 Å². The maximum Gasteiger partial charge on any atom is 0.205 e. The number of rotatable bonds is 5. The van der Waals surface area contributed by atoms with Crippen molar-refractivity contribution in [2.75, 3.05) is 51.2 Å². The summed E-state index contributed by atoms with van der Waals surface area (Å²) in [5.41, 5.74) is 1.14. The van der Waals surface area contributed by atoms with Gasteiger partial charge in [-0.2, -0.15) is 0 Å². The third-order valence-corrected chi connectivity index (χ3v) is 4.08. The lowest BCUT2D eigenvalue weighted by molar-refractivity contribution is 0.246. The van der Waals surface area contributed by atoms with Crippen LogP contribution in [0.15, 0.2) is 6.20 Å². The molecule has 0 amide bonds. The molecule has 2 fully saturated rings. The van der Waals surface area contributed by atoms with Gasteiger partial charge >= 0.3 is 0 Å². The summed E-state index contributed by atoms with van der Waals surface area (Å²) in [5.74, 6) is 1.15. The van der Waals surface area contributed by atoms with Gasteiger partial charge in [-0.25, -0.2) is 4.98 Å². The summed E-state index contributed by atoms with van der Waals surface area (Å²) in [6.45, 7) is 8.87. The SMILES string of the molecule is Cc1cn(C2CC2)c(N(C)CCN2CCNCC2)n1. The van der Waals surface area contributed by atoms with Crippen LogP contribution >= 0.6 is 0 Å². The summed E-state index contributed by atoms with van der Waals surface area (Å²) in [6.07, 6.45) is 4.83. The van der Waals surface area contributed by atoms with Gasteiger partial charge in [0.2, 0.25) is 5.95 Å². The molecule has 1 aliphatic heterocycles. The molecule has 2 heterocycles. The zero-order chi connectivity index (χ0) is 13.2. The van der Waals surface area contributed by atoms with Gasteiger partial charge < -0.3 is 14.8 Å². The molecule has 1 aromatic heterocycles. The van der Waals surface area contributed by atoms with E-state index in [0.29, 0.717) is 6.04 Å². The molecule has 0 bridgehead atoms. The first-order valence-electron chi connectivity index (χ1n) is 7.44. The van der Waals surface area contributed by atoms with Crippen molar-refractivity contribution in [2.45, 2.75) is 25.8 Å². The van der Waals surface area contributed by atoms with E-state index < -0.39 is 0 Å². The second-order valence-corrected chi connectivity index (χ2v) is 5.83. The lowest BCUT2D eigenvalue weighted by Gasteiger charge is -2.29. The molecule has 1 saturated heterocycles. The third-order valence-electron chi connectivity index (χ3n) is 4.08. The largest absolute Gasteiger partial charge is 0.344 e. The van der Waals surface area contributed by atoms with Crippen LogP contribution in [0.5, 0.6) is 0 Å². The summed E-state index contributed by atoms with van der Waals surface area (Å²) < 4.78 is 2.37. The predicted molar refractivity (Wildman–Crippen MR) is 77.8 cm³/mol. The molecular weight excluding hydrogens is 238 g/mol. The van der Waals surface area contributed by atoms with Crippen LogP contribution in [-0.2, 0) is 0 Å². The Balaban J connectivity index is 1.58. The minimum atomic E-state index is 0.706. The van der Waals surface area contributed by atoms with Gasteiger partial charge in [0, 0.05) is 58.6 Å². The van der Waals surface area contributed by atoms with E-state index in [-0.39, 0.29) is 0 Å². The smallest absolute Gasteiger partial charge is 0.205 e. The van der Waals surface area contributed by atoms with E-state index in [1.54, 1.807) is 0 Å². The second-order valence-electron chi connectivity index (χ2n) is 5.83. The minimum Gasteiger partial charge on any atom is -0.344 e. The molecule has 5 nitrogen and oxygen atoms in total. The van der Waals surface area contributed by atoms with Gasteiger partial charge in [-0.1, -0.05) is 0 Å². The number of aryl methyl sites for hydroxylation is 1. The number of anilines is 1. The fraction of sp³-hybridized carbons (Fsp3) is 0.786. The van der Waals surface area contributed by atoms with Crippen LogP contribution in [0.3, 0.4) is 0 Å². The van der Waals surface area contributed by atoms with E-state index in [1.807, 2.05) is 0 Å². The van der Waals surface area contributed by atoms with Gasteiger partial charge in [0.25, 0.3) is 0 Å². The topological polar surface area (TPSA) is 36.3 Å². The highest BCUT2D eigenvalue weighted by molar-refractivity contribution is 5.33. The first kappa shape index (κ1) is 12.9. The van der Waals surface area contributed by atoms with Gasteiger partial charge in [0.05, 0.1) is 5.69 Å². The lowest BCUT2D eigenvalue weighted by Crippen LogP contribution is -2.46. The van der Waals surface area contributed by atoms with E-state index in [0.717, 1.165) is 37.8 Å². The molecule has 1 aromatic rings. The first-order chi connectivity index (χ1) is 9.24. The first-order valence-corrected chi connectivity index (χ1v) is 7.44. The van der Waals surface area contributed by atoms with Gasteiger partial charge in [-0.3, -0.25) is 4.90 Å². The molecule has 0 radical (unpaired) electrons. The van der Waals surface area contributed by atoms with Crippen molar-refractivity contribution in [1.29, 1.82) is 0 Å². The molecule has 0 spiro atoms. The zero-order valence-electron chi connectivity index (χ0n) is 12.1. The summed E-state index contributed by atoms with van der Waals surface area (Å²) in [6, 6.07) is 0.706. The molecular formula is C14H25N5. The Morgan fingerprint density at radius 1 is 1.37 bits per heavy atom. The Labute approximate surface area is 115 Å². The van der Waals surface area contributed by atoms with Gasteiger partial charge in [0.15, 0.2) is 0 Å². The van der Waals surface area contributed by atoms with Crippen molar-refractivity contribution in [3.05, 3.63) is 11.9 Å². The van der Waals surface area contributed by atoms with E-state index in [1.165, 1.54) is 25.9 Å². The number of aromatic nitrogens is 2. The molecule has 106 valence electrons. The highest BCUT2D eigenvalue weighted by Gasteiger charge is 2.27. The van der Waals surface area contributed by atoms with Crippen LogP contribution < -0.4 is 10.2 Å². The highest BCUT2D eigenvalue weighted by Crippen LogP contribution is 2.37. The standard InChI is InChI=1S/C14H25N5/c1-12-11-19(13-3-4-13)14(16-12)17(2)9-10-18-7-5-15-6-8-18/h11,13,15H,3-10H2,1-2H3. The van der Waals surface area contributed by atoms with Gasteiger partial charge in [-0.15, -0.1) is 0 Å². The molecule has 0 atom stereocenters.